The van der Waals surface area contributed by atoms with Crippen LogP contribution in [-0.2, 0) is 4.79 Å². The van der Waals surface area contributed by atoms with Crippen molar-refractivity contribution in [1.82, 2.24) is 16.0 Å². The Morgan fingerprint density at radius 1 is 1.00 bits per heavy atom. The average Bonchev–Trinajstić information content (AvgIpc) is 3.09. The van der Waals surface area contributed by atoms with Crippen molar-refractivity contribution < 1.29 is 9.59 Å². The number of imide groups is 1. The highest BCUT2D eigenvalue weighted by atomic mass is 32.1. The lowest BCUT2D eigenvalue weighted by molar-refractivity contribution is -0.119. The van der Waals surface area contributed by atoms with Crippen molar-refractivity contribution in [2.75, 3.05) is 6.54 Å². The first-order chi connectivity index (χ1) is 12.4. The molecule has 2 rings (SSSR count). The van der Waals surface area contributed by atoms with E-state index >= 15 is 0 Å². The second-order valence-corrected chi connectivity index (χ2v) is 7.81. The van der Waals surface area contributed by atoms with E-state index in [9.17, 15) is 9.59 Å². The van der Waals surface area contributed by atoms with E-state index in [0.717, 1.165) is 10.4 Å². The number of amides is 3. The highest BCUT2D eigenvalue weighted by molar-refractivity contribution is 7.10. The molecule has 0 saturated heterocycles. The van der Waals surface area contributed by atoms with E-state index in [2.05, 4.69) is 54.1 Å². The van der Waals surface area contributed by atoms with Crippen molar-refractivity contribution in [2.24, 2.45) is 0 Å². The molecule has 1 aromatic carbocycles. The Bertz CT molecular complexity index is 709. The van der Waals surface area contributed by atoms with Crippen LogP contribution in [0, 0.1) is 0 Å². The van der Waals surface area contributed by atoms with Crippen molar-refractivity contribution in [1.29, 1.82) is 0 Å². The molecule has 6 heteroatoms. The summed E-state index contributed by atoms with van der Waals surface area (Å²) in [6.07, 6.45) is 0. The highest BCUT2D eigenvalue weighted by Gasteiger charge is 2.17. The van der Waals surface area contributed by atoms with Crippen LogP contribution in [0.3, 0.4) is 0 Å². The van der Waals surface area contributed by atoms with Crippen LogP contribution in [0.25, 0.3) is 0 Å². The van der Waals surface area contributed by atoms with Crippen LogP contribution in [0.1, 0.15) is 55.7 Å². The van der Waals surface area contributed by atoms with Gasteiger partial charge in [0.1, 0.15) is 0 Å². The van der Waals surface area contributed by atoms with Crippen molar-refractivity contribution in [3.63, 3.8) is 0 Å². The summed E-state index contributed by atoms with van der Waals surface area (Å²) in [5.41, 5.74) is 2.37. The summed E-state index contributed by atoms with van der Waals surface area (Å²) in [6, 6.07) is 11.9. The van der Waals surface area contributed by atoms with Crippen molar-refractivity contribution in [2.45, 2.75) is 45.7 Å². The first-order valence-electron chi connectivity index (χ1n) is 8.83. The lowest BCUT2D eigenvalue weighted by atomic mass is 9.98. The number of thiophene rings is 1. The molecule has 1 atom stereocenters. The highest BCUT2D eigenvalue weighted by Crippen LogP contribution is 2.27. The van der Waals surface area contributed by atoms with Gasteiger partial charge in [-0.2, -0.15) is 0 Å². The third-order valence-electron chi connectivity index (χ3n) is 3.90. The minimum absolute atomic E-state index is 0.0194. The molecule has 0 fully saturated rings. The van der Waals surface area contributed by atoms with Gasteiger partial charge in [-0.25, -0.2) is 4.79 Å². The van der Waals surface area contributed by atoms with Crippen LogP contribution < -0.4 is 16.0 Å². The van der Waals surface area contributed by atoms with E-state index in [0.29, 0.717) is 5.92 Å². The Morgan fingerprint density at radius 2 is 1.65 bits per heavy atom. The van der Waals surface area contributed by atoms with Gasteiger partial charge < -0.3 is 5.32 Å². The Morgan fingerprint density at radius 3 is 2.19 bits per heavy atom. The predicted molar refractivity (Wildman–Crippen MR) is 107 cm³/mol. The summed E-state index contributed by atoms with van der Waals surface area (Å²) >= 11 is 1.64. The van der Waals surface area contributed by atoms with Crippen LogP contribution in [-0.4, -0.2) is 24.5 Å². The van der Waals surface area contributed by atoms with Gasteiger partial charge in [0.15, 0.2) is 0 Å². The topological polar surface area (TPSA) is 70.2 Å². The molecule has 26 heavy (non-hydrogen) atoms. The van der Waals surface area contributed by atoms with Crippen LogP contribution in [0.5, 0.6) is 0 Å². The number of nitrogens with one attached hydrogen (secondary N) is 3. The Balaban J connectivity index is 2.04. The van der Waals surface area contributed by atoms with E-state index in [1.807, 2.05) is 31.4 Å². The summed E-state index contributed by atoms with van der Waals surface area (Å²) in [4.78, 5) is 24.8. The fraction of sp³-hybridized carbons (Fsp3) is 0.400. The number of carbonyl (C=O) groups is 2. The first kappa shape index (κ1) is 20.1. The van der Waals surface area contributed by atoms with E-state index in [4.69, 9.17) is 0 Å². The molecule has 140 valence electrons. The molecule has 0 radical (unpaired) electrons. The molecule has 0 saturated carbocycles. The Labute approximate surface area is 159 Å². The number of rotatable bonds is 7. The molecule has 0 spiro atoms. The number of hydrogen-bond donors (Lipinski definition) is 3. The van der Waals surface area contributed by atoms with Gasteiger partial charge >= 0.3 is 6.03 Å². The maximum Gasteiger partial charge on any atom is 0.321 e. The monoisotopic (exact) mass is 373 g/mol. The van der Waals surface area contributed by atoms with Gasteiger partial charge in [-0.3, -0.25) is 15.4 Å². The van der Waals surface area contributed by atoms with Crippen molar-refractivity contribution >= 4 is 23.3 Å². The molecule has 0 unspecified atom stereocenters. The summed E-state index contributed by atoms with van der Waals surface area (Å²) in [6.45, 7) is 8.07. The van der Waals surface area contributed by atoms with Crippen LogP contribution in [0.15, 0.2) is 41.8 Å². The Hall–Kier alpha value is -2.18. The SMILES string of the molecule is CC(C)NC(=O)NC(=O)CN[C@H](c1ccc(C(C)C)cc1)c1cccs1. The van der Waals surface area contributed by atoms with Gasteiger partial charge in [-0.1, -0.05) is 44.2 Å². The van der Waals surface area contributed by atoms with Gasteiger partial charge in [0.05, 0.1) is 12.6 Å². The molecular weight excluding hydrogens is 346 g/mol. The van der Waals surface area contributed by atoms with Crippen LogP contribution in [0.4, 0.5) is 4.79 Å². The molecule has 0 aliphatic carbocycles. The Kier molecular flexibility index (Phi) is 7.36. The van der Waals surface area contributed by atoms with Gasteiger partial charge in [-0.05, 0) is 42.3 Å². The van der Waals surface area contributed by atoms with Gasteiger partial charge in [0.2, 0.25) is 5.91 Å². The van der Waals surface area contributed by atoms with E-state index in [-0.39, 0.29) is 24.5 Å². The second-order valence-electron chi connectivity index (χ2n) is 6.83. The molecule has 2 aromatic rings. The minimum atomic E-state index is -0.472. The maximum absolute atomic E-state index is 12.1. The summed E-state index contributed by atoms with van der Waals surface area (Å²) in [7, 11) is 0. The lowest BCUT2D eigenvalue weighted by Gasteiger charge is -2.19. The smallest absolute Gasteiger partial charge is 0.321 e. The minimum Gasteiger partial charge on any atom is -0.336 e. The van der Waals surface area contributed by atoms with Gasteiger partial charge in [-0.15, -0.1) is 11.3 Å². The molecular formula is C20H27N3O2S. The number of urea groups is 1. The van der Waals surface area contributed by atoms with Crippen LogP contribution in [0.2, 0.25) is 0 Å². The van der Waals surface area contributed by atoms with Crippen molar-refractivity contribution in [3.05, 3.63) is 57.8 Å². The molecule has 1 heterocycles. The summed E-state index contributed by atoms with van der Waals surface area (Å²) in [5.74, 6) is 0.117. The number of hydrogen-bond acceptors (Lipinski definition) is 4. The van der Waals surface area contributed by atoms with Crippen molar-refractivity contribution in [3.8, 4) is 0 Å². The fourth-order valence-corrected chi connectivity index (χ4v) is 3.40. The fourth-order valence-electron chi connectivity index (χ4n) is 2.58. The standard InChI is InChI=1S/C20H27N3O2S/c1-13(2)15-7-9-16(10-8-15)19(17-6-5-11-26-17)21-12-18(24)23-20(25)22-14(3)4/h5-11,13-14,19,21H,12H2,1-4H3,(H2,22,23,24,25)/t19-/m1/s1. The zero-order chi connectivity index (χ0) is 19.1. The summed E-state index contributed by atoms with van der Waals surface area (Å²) in [5, 5.41) is 10.3. The zero-order valence-corrected chi connectivity index (χ0v) is 16.5. The molecule has 0 bridgehead atoms. The van der Waals surface area contributed by atoms with Gasteiger partial charge in [0.25, 0.3) is 0 Å². The van der Waals surface area contributed by atoms with E-state index in [1.165, 1.54) is 5.56 Å². The largest absolute Gasteiger partial charge is 0.336 e. The predicted octanol–water partition coefficient (Wildman–Crippen LogP) is 3.78. The zero-order valence-electron chi connectivity index (χ0n) is 15.7. The molecule has 0 aliphatic rings. The number of carbonyl (C=O) groups excluding carboxylic acids is 2. The molecule has 3 amide bonds. The molecule has 5 nitrogen and oxygen atoms in total. The molecule has 3 N–H and O–H groups in total. The molecule has 1 aromatic heterocycles. The second kappa shape index (κ2) is 9.50. The lowest BCUT2D eigenvalue weighted by Crippen LogP contribution is -2.45. The first-order valence-corrected chi connectivity index (χ1v) is 9.71. The average molecular weight is 374 g/mol. The summed E-state index contributed by atoms with van der Waals surface area (Å²) < 4.78 is 0. The van der Waals surface area contributed by atoms with E-state index in [1.54, 1.807) is 11.3 Å². The third-order valence-corrected chi connectivity index (χ3v) is 4.84. The maximum atomic E-state index is 12.1. The van der Waals surface area contributed by atoms with E-state index < -0.39 is 6.03 Å². The normalized spacial score (nSPS) is 12.2. The quantitative estimate of drug-likeness (QED) is 0.692. The molecule has 0 aliphatic heterocycles. The third kappa shape index (κ3) is 5.97. The van der Waals surface area contributed by atoms with Gasteiger partial charge in [0, 0.05) is 10.9 Å². The number of benzene rings is 1. The van der Waals surface area contributed by atoms with Crippen LogP contribution >= 0.6 is 11.3 Å².